The lowest BCUT2D eigenvalue weighted by Crippen LogP contribution is -2.32. The van der Waals surface area contributed by atoms with Crippen molar-refractivity contribution < 1.29 is 19.1 Å². The molecule has 0 heterocycles. The van der Waals surface area contributed by atoms with Gasteiger partial charge in [-0.25, -0.2) is 0 Å². The van der Waals surface area contributed by atoms with Crippen molar-refractivity contribution >= 4 is 11.9 Å². The van der Waals surface area contributed by atoms with E-state index in [1.807, 2.05) is 0 Å². The lowest BCUT2D eigenvalue weighted by molar-refractivity contribution is -0.141. The Morgan fingerprint density at radius 1 is 1.30 bits per heavy atom. The van der Waals surface area contributed by atoms with Gasteiger partial charge in [-0.05, 0) is 24.1 Å². The second-order valence-electron chi connectivity index (χ2n) is 4.97. The van der Waals surface area contributed by atoms with Crippen LogP contribution < -0.4 is 4.74 Å². The minimum atomic E-state index is -0.451. The fourth-order valence-electron chi connectivity index (χ4n) is 1.53. The van der Waals surface area contributed by atoms with Crippen molar-refractivity contribution in [3.8, 4) is 5.75 Å². The Hall–Kier alpha value is -2.04. The van der Waals surface area contributed by atoms with Gasteiger partial charge in [-0.1, -0.05) is 19.9 Å². The Balaban J connectivity index is 2.72. The third-order valence-corrected chi connectivity index (χ3v) is 2.60. The van der Waals surface area contributed by atoms with Crippen LogP contribution in [0.1, 0.15) is 24.2 Å². The van der Waals surface area contributed by atoms with Crippen molar-refractivity contribution in [3.05, 3.63) is 29.8 Å². The maximum atomic E-state index is 12.1. The summed E-state index contributed by atoms with van der Waals surface area (Å²) in [5, 5.41) is 0. The van der Waals surface area contributed by atoms with Crippen molar-refractivity contribution in [1.29, 1.82) is 0 Å². The van der Waals surface area contributed by atoms with Crippen molar-refractivity contribution in [2.75, 3.05) is 27.3 Å². The first-order valence-electron chi connectivity index (χ1n) is 6.49. The van der Waals surface area contributed by atoms with Crippen LogP contribution in [-0.2, 0) is 9.53 Å². The summed E-state index contributed by atoms with van der Waals surface area (Å²) >= 11 is 0. The Morgan fingerprint density at radius 2 is 2.00 bits per heavy atom. The number of rotatable bonds is 6. The van der Waals surface area contributed by atoms with Crippen LogP contribution in [0.15, 0.2) is 24.3 Å². The molecule has 0 saturated heterocycles. The fourth-order valence-corrected chi connectivity index (χ4v) is 1.53. The smallest absolute Gasteiger partial charge is 0.325 e. The zero-order valence-electron chi connectivity index (χ0n) is 12.4. The van der Waals surface area contributed by atoms with Gasteiger partial charge in [0.2, 0.25) is 0 Å². The highest BCUT2D eigenvalue weighted by molar-refractivity contribution is 5.96. The molecule has 0 aliphatic carbocycles. The van der Waals surface area contributed by atoms with Crippen LogP contribution in [0.5, 0.6) is 5.75 Å². The van der Waals surface area contributed by atoms with Crippen LogP contribution in [-0.4, -0.2) is 44.1 Å². The molecule has 0 N–H and O–H groups in total. The standard InChI is InChI=1S/C15H21NO4/c1-11(2)10-20-13-7-5-6-12(8-13)15(18)16(3)9-14(17)19-4/h5-8,11H,9-10H2,1-4H3. The summed E-state index contributed by atoms with van der Waals surface area (Å²) in [7, 11) is 2.85. The van der Waals surface area contributed by atoms with E-state index in [0.29, 0.717) is 23.8 Å². The number of carbonyl (C=O) groups is 2. The van der Waals surface area contributed by atoms with Gasteiger partial charge in [0.25, 0.3) is 5.91 Å². The van der Waals surface area contributed by atoms with Crippen LogP contribution in [0, 0.1) is 5.92 Å². The molecule has 0 aromatic heterocycles. The third kappa shape index (κ3) is 4.91. The van der Waals surface area contributed by atoms with E-state index >= 15 is 0 Å². The molecule has 5 nitrogen and oxygen atoms in total. The molecule has 1 aromatic carbocycles. The van der Waals surface area contributed by atoms with Crippen LogP contribution in [0.25, 0.3) is 0 Å². The summed E-state index contributed by atoms with van der Waals surface area (Å²) < 4.78 is 10.1. The summed E-state index contributed by atoms with van der Waals surface area (Å²) in [6, 6.07) is 6.94. The lowest BCUT2D eigenvalue weighted by atomic mass is 10.2. The molecule has 0 radical (unpaired) electrons. The number of ether oxygens (including phenoxy) is 2. The van der Waals surface area contributed by atoms with Crippen LogP contribution in [0.2, 0.25) is 0 Å². The van der Waals surface area contributed by atoms with Gasteiger partial charge in [0, 0.05) is 12.6 Å². The molecule has 1 amide bonds. The van der Waals surface area contributed by atoms with Crippen LogP contribution >= 0.6 is 0 Å². The highest BCUT2D eigenvalue weighted by Crippen LogP contribution is 2.15. The number of methoxy groups -OCH3 is 1. The summed E-state index contributed by atoms with van der Waals surface area (Å²) in [4.78, 5) is 24.6. The quantitative estimate of drug-likeness (QED) is 0.747. The summed E-state index contributed by atoms with van der Waals surface area (Å²) in [5.41, 5.74) is 0.484. The Kier molecular flexibility index (Phi) is 6.03. The summed E-state index contributed by atoms with van der Waals surface area (Å²) in [6.45, 7) is 4.63. The molecule has 0 atom stereocenters. The average molecular weight is 279 g/mol. The fraction of sp³-hybridized carbons (Fsp3) is 0.467. The highest BCUT2D eigenvalue weighted by atomic mass is 16.5. The van der Waals surface area contributed by atoms with Crippen molar-refractivity contribution in [3.63, 3.8) is 0 Å². The number of benzene rings is 1. The summed E-state index contributed by atoms with van der Waals surface area (Å²) in [6.07, 6.45) is 0. The Labute approximate surface area is 119 Å². The zero-order chi connectivity index (χ0) is 15.1. The van der Waals surface area contributed by atoms with Crippen LogP contribution in [0.3, 0.4) is 0 Å². The van der Waals surface area contributed by atoms with E-state index in [1.54, 1.807) is 31.3 Å². The molecule has 110 valence electrons. The first-order valence-corrected chi connectivity index (χ1v) is 6.49. The van der Waals surface area contributed by atoms with E-state index in [1.165, 1.54) is 12.0 Å². The van der Waals surface area contributed by atoms with E-state index in [4.69, 9.17) is 4.74 Å². The largest absolute Gasteiger partial charge is 0.493 e. The zero-order valence-corrected chi connectivity index (χ0v) is 12.4. The molecule has 5 heteroatoms. The maximum Gasteiger partial charge on any atom is 0.325 e. The predicted molar refractivity (Wildman–Crippen MR) is 75.8 cm³/mol. The molecule has 20 heavy (non-hydrogen) atoms. The number of hydrogen-bond donors (Lipinski definition) is 0. The van der Waals surface area contributed by atoms with E-state index < -0.39 is 5.97 Å². The molecular weight excluding hydrogens is 258 g/mol. The van der Waals surface area contributed by atoms with E-state index in [2.05, 4.69) is 18.6 Å². The van der Waals surface area contributed by atoms with Gasteiger partial charge >= 0.3 is 5.97 Å². The minimum absolute atomic E-state index is 0.0770. The molecule has 1 aromatic rings. The lowest BCUT2D eigenvalue weighted by Gasteiger charge is -2.16. The van der Waals surface area contributed by atoms with Gasteiger partial charge in [0.1, 0.15) is 12.3 Å². The Morgan fingerprint density at radius 3 is 2.60 bits per heavy atom. The van der Waals surface area contributed by atoms with E-state index in [9.17, 15) is 9.59 Å². The monoisotopic (exact) mass is 279 g/mol. The molecule has 0 aliphatic heterocycles. The van der Waals surface area contributed by atoms with Gasteiger partial charge in [0.05, 0.1) is 13.7 Å². The minimum Gasteiger partial charge on any atom is -0.493 e. The highest BCUT2D eigenvalue weighted by Gasteiger charge is 2.15. The van der Waals surface area contributed by atoms with Gasteiger partial charge < -0.3 is 14.4 Å². The normalized spacial score (nSPS) is 10.2. The number of amides is 1. The first kappa shape index (κ1) is 16.0. The Bertz CT molecular complexity index is 471. The number of carbonyl (C=O) groups excluding carboxylic acids is 2. The SMILES string of the molecule is COC(=O)CN(C)C(=O)c1cccc(OCC(C)C)c1. The number of likely N-dealkylation sites (N-methyl/N-ethyl adjacent to an activating group) is 1. The molecule has 0 fully saturated rings. The molecule has 0 unspecified atom stereocenters. The van der Waals surface area contributed by atoms with Gasteiger partial charge in [-0.15, -0.1) is 0 Å². The number of esters is 1. The predicted octanol–water partition coefficient (Wildman–Crippen LogP) is 1.97. The molecule has 0 spiro atoms. The van der Waals surface area contributed by atoms with Gasteiger partial charge in [-0.3, -0.25) is 9.59 Å². The van der Waals surface area contributed by atoms with Gasteiger partial charge in [0.15, 0.2) is 0 Å². The number of hydrogen-bond acceptors (Lipinski definition) is 4. The maximum absolute atomic E-state index is 12.1. The van der Waals surface area contributed by atoms with Crippen LogP contribution in [0.4, 0.5) is 0 Å². The van der Waals surface area contributed by atoms with Crippen molar-refractivity contribution in [2.24, 2.45) is 5.92 Å². The van der Waals surface area contributed by atoms with E-state index in [0.717, 1.165) is 0 Å². The molecule has 1 rings (SSSR count). The van der Waals surface area contributed by atoms with Gasteiger partial charge in [-0.2, -0.15) is 0 Å². The summed E-state index contributed by atoms with van der Waals surface area (Å²) in [5.74, 6) is 0.367. The first-order chi connectivity index (χ1) is 9.43. The van der Waals surface area contributed by atoms with Crippen molar-refractivity contribution in [2.45, 2.75) is 13.8 Å². The van der Waals surface area contributed by atoms with Crippen molar-refractivity contribution in [1.82, 2.24) is 4.90 Å². The van der Waals surface area contributed by atoms with E-state index in [-0.39, 0.29) is 12.5 Å². The second kappa shape index (κ2) is 7.53. The molecular formula is C15H21NO4. The average Bonchev–Trinajstić information content (AvgIpc) is 2.44. The topological polar surface area (TPSA) is 55.8 Å². The second-order valence-corrected chi connectivity index (χ2v) is 4.97. The third-order valence-electron chi connectivity index (χ3n) is 2.60. The molecule has 0 bridgehead atoms. The molecule has 0 saturated carbocycles. The number of nitrogens with zero attached hydrogens (tertiary/aromatic N) is 1. The molecule has 0 aliphatic rings.